The number of hydrogen-bond donors (Lipinski definition) is 2. The van der Waals surface area contributed by atoms with Crippen LogP contribution in [0.3, 0.4) is 0 Å². The van der Waals surface area contributed by atoms with Crippen molar-refractivity contribution in [3.8, 4) is 0 Å². The van der Waals surface area contributed by atoms with Crippen LogP contribution in [0.25, 0.3) is 10.9 Å². The van der Waals surface area contributed by atoms with Gasteiger partial charge in [-0.3, -0.25) is 0 Å². The van der Waals surface area contributed by atoms with Crippen molar-refractivity contribution >= 4 is 34.0 Å². The van der Waals surface area contributed by atoms with Crippen LogP contribution >= 0.6 is 11.3 Å². The first-order valence-electron chi connectivity index (χ1n) is 5.99. The molecule has 3 aromatic rings. The van der Waals surface area contributed by atoms with E-state index in [0.29, 0.717) is 23.3 Å². The number of benzene rings is 1. The molecule has 0 aliphatic rings. The van der Waals surface area contributed by atoms with Crippen LogP contribution in [0.15, 0.2) is 41.9 Å². The first-order chi connectivity index (χ1) is 9.74. The normalized spacial score (nSPS) is 10.6. The van der Waals surface area contributed by atoms with Gasteiger partial charge in [-0.05, 0) is 24.3 Å². The SMILES string of the molecule is O=C(O)c1cccc2nc(NCc3nccs3)ccc12. The number of aromatic carboxylic acids is 1. The number of rotatable bonds is 4. The minimum atomic E-state index is -0.944. The highest BCUT2D eigenvalue weighted by Gasteiger charge is 2.09. The Labute approximate surface area is 118 Å². The Balaban J connectivity index is 1.89. The number of hydrogen-bond acceptors (Lipinski definition) is 5. The molecule has 2 aromatic heterocycles. The van der Waals surface area contributed by atoms with Crippen LogP contribution in [0.1, 0.15) is 15.4 Å². The molecule has 5 nitrogen and oxygen atoms in total. The molecule has 0 fully saturated rings. The van der Waals surface area contributed by atoms with Crippen LogP contribution in [0, 0.1) is 0 Å². The fraction of sp³-hybridized carbons (Fsp3) is 0.0714. The molecular weight excluding hydrogens is 274 g/mol. The van der Waals surface area contributed by atoms with E-state index in [2.05, 4.69) is 15.3 Å². The van der Waals surface area contributed by atoms with Crippen molar-refractivity contribution in [3.63, 3.8) is 0 Å². The summed E-state index contributed by atoms with van der Waals surface area (Å²) in [6.07, 6.45) is 1.76. The van der Waals surface area contributed by atoms with Gasteiger partial charge >= 0.3 is 5.97 Å². The zero-order valence-electron chi connectivity index (χ0n) is 10.4. The molecule has 0 saturated heterocycles. The number of thiazole rings is 1. The highest BCUT2D eigenvalue weighted by molar-refractivity contribution is 7.09. The minimum absolute atomic E-state index is 0.265. The number of nitrogens with zero attached hydrogens (tertiary/aromatic N) is 2. The molecule has 0 atom stereocenters. The van der Waals surface area contributed by atoms with Gasteiger partial charge in [0.05, 0.1) is 17.6 Å². The van der Waals surface area contributed by atoms with E-state index in [1.165, 1.54) is 0 Å². The van der Waals surface area contributed by atoms with E-state index in [1.54, 1.807) is 47.9 Å². The molecule has 20 heavy (non-hydrogen) atoms. The summed E-state index contributed by atoms with van der Waals surface area (Å²) in [5, 5.41) is 15.8. The summed E-state index contributed by atoms with van der Waals surface area (Å²) in [7, 11) is 0. The van der Waals surface area contributed by atoms with Crippen LogP contribution in [0.2, 0.25) is 0 Å². The molecule has 6 heteroatoms. The lowest BCUT2D eigenvalue weighted by atomic mass is 10.1. The number of pyridine rings is 1. The van der Waals surface area contributed by atoms with E-state index in [0.717, 1.165) is 5.01 Å². The number of carboxylic acids is 1. The van der Waals surface area contributed by atoms with Gasteiger partial charge in [0.25, 0.3) is 0 Å². The zero-order chi connectivity index (χ0) is 13.9. The predicted molar refractivity (Wildman–Crippen MR) is 78.1 cm³/mol. The third-order valence-electron chi connectivity index (χ3n) is 2.87. The average Bonchev–Trinajstić information content (AvgIpc) is 2.97. The first-order valence-corrected chi connectivity index (χ1v) is 6.87. The summed E-state index contributed by atoms with van der Waals surface area (Å²) < 4.78 is 0. The smallest absolute Gasteiger partial charge is 0.336 e. The van der Waals surface area contributed by atoms with Gasteiger partial charge in [-0.25, -0.2) is 14.8 Å². The van der Waals surface area contributed by atoms with E-state index in [4.69, 9.17) is 5.11 Å². The number of fused-ring (bicyclic) bond motifs is 1. The Bertz CT molecular complexity index is 756. The fourth-order valence-corrected chi connectivity index (χ4v) is 2.50. The molecule has 100 valence electrons. The second-order valence-electron chi connectivity index (χ2n) is 4.15. The Hall–Kier alpha value is -2.47. The lowest BCUT2D eigenvalue weighted by Gasteiger charge is -2.06. The van der Waals surface area contributed by atoms with Crippen LogP contribution in [-0.4, -0.2) is 21.0 Å². The van der Waals surface area contributed by atoms with Crippen LogP contribution in [-0.2, 0) is 6.54 Å². The fourth-order valence-electron chi connectivity index (χ4n) is 1.95. The molecular formula is C14H11N3O2S. The van der Waals surface area contributed by atoms with Gasteiger partial charge in [-0.15, -0.1) is 11.3 Å². The minimum Gasteiger partial charge on any atom is -0.478 e. The summed E-state index contributed by atoms with van der Waals surface area (Å²) in [4.78, 5) is 19.7. The predicted octanol–water partition coefficient (Wildman–Crippen LogP) is 3.00. The van der Waals surface area contributed by atoms with Crippen molar-refractivity contribution in [2.75, 3.05) is 5.32 Å². The van der Waals surface area contributed by atoms with Crippen molar-refractivity contribution in [2.24, 2.45) is 0 Å². The van der Waals surface area contributed by atoms with Gasteiger partial charge in [0, 0.05) is 17.0 Å². The second-order valence-corrected chi connectivity index (χ2v) is 5.13. The standard InChI is InChI=1S/C14H11N3O2S/c18-14(19)10-2-1-3-11-9(10)4-5-12(17-11)16-8-13-15-6-7-20-13/h1-7H,8H2,(H,16,17)(H,18,19). The molecule has 0 unspecified atom stereocenters. The maximum atomic E-state index is 11.1. The Morgan fingerprint density at radius 1 is 1.30 bits per heavy atom. The largest absolute Gasteiger partial charge is 0.478 e. The highest BCUT2D eigenvalue weighted by Crippen LogP contribution is 2.20. The summed E-state index contributed by atoms with van der Waals surface area (Å²) in [6.45, 7) is 0.606. The summed E-state index contributed by atoms with van der Waals surface area (Å²) in [5.41, 5.74) is 0.926. The Morgan fingerprint density at radius 3 is 2.95 bits per heavy atom. The number of anilines is 1. The van der Waals surface area contributed by atoms with E-state index in [9.17, 15) is 4.79 Å². The first kappa shape index (κ1) is 12.6. The molecule has 1 aromatic carbocycles. The third kappa shape index (κ3) is 2.46. The monoisotopic (exact) mass is 285 g/mol. The van der Waals surface area contributed by atoms with E-state index >= 15 is 0 Å². The molecule has 0 amide bonds. The number of nitrogens with one attached hydrogen (secondary N) is 1. The second kappa shape index (κ2) is 5.26. The van der Waals surface area contributed by atoms with Crippen molar-refractivity contribution in [1.29, 1.82) is 0 Å². The zero-order valence-corrected chi connectivity index (χ0v) is 11.2. The maximum Gasteiger partial charge on any atom is 0.336 e. The van der Waals surface area contributed by atoms with E-state index in [-0.39, 0.29) is 5.56 Å². The van der Waals surface area contributed by atoms with Crippen LogP contribution in [0.4, 0.5) is 5.82 Å². The van der Waals surface area contributed by atoms with Gasteiger partial charge in [0.2, 0.25) is 0 Å². The Kier molecular flexibility index (Phi) is 3.30. The van der Waals surface area contributed by atoms with E-state index < -0.39 is 5.97 Å². The number of aromatic nitrogens is 2. The summed E-state index contributed by atoms with van der Waals surface area (Å²) in [6, 6.07) is 8.63. The summed E-state index contributed by atoms with van der Waals surface area (Å²) >= 11 is 1.57. The highest BCUT2D eigenvalue weighted by atomic mass is 32.1. The van der Waals surface area contributed by atoms with Gasteiger partial charge in [0.1, 0.15) is 10.8 Å². The van der Waals surface area contributed by atoms with Crippen molar-refractivity contribution < 1.29 is 9.90 Å². The van der Waals surface area contributed by atoms with Crippen LogP contribution in [0.5, 0.6) is 0 Å². The molecule has 0 bridgehead atoms. The van der Waals surface area contributed by atoms with Crippen LogP contribution < -0.4 is 5.32 Å². The molecule has 3 rings (SSSR count). The molecule has 0 spiro atoms. The topological polar surface area (TPSA) is 75.1 Å². The molecule has 0 saturated carbocycles. The molecule has 0 aliphatic carbocycles. The quantitative estimate of drug-likeness (QED) is 0.770. The van der Waals surface area contributed by atoms with Gasteiger partial charge in [-0.2, -0.15) is 0 Å². The lowest BCUT2D eigenvalue weighted by molar-refractivity contribution is 0.0699. The maximum absolute atomic E-state index is 11.1. The molecule has 0 aliphatic heterocycles. The Morgan fingerprint density at radius 2 is 2.20 bits per heavy atom. The van der Waals surface area contributed by atoms with Crippen molar-refractivity contribution in [1.82, 2.24) is 9.97 Å². The van der Waals surface area contributed by atoms with Gasteiger partial charge in [-0.1, -0.05) is 6.07 Å². The molecule has 0 radical (unpaired) electrons. The van der Waals surface area contributed by atoms with Gasteiger partial charge in [0.15, 0.2) is 0 Å². The number of carboxylic acid groups (broad SMARTS) is 1. The molecule has 2 heterocycles. The van der Waals surface area contributed by atoms with Crippen molar-refractivity contribution in [2.45, 2.75) is 6.54 Å². The van der Waals surface area contributed by atoms with Gasteiger partial charge < -0.3 is 10.4 Å². The lowest BCUT2D eigenvalue weighted by Crippen LogP contribution is -2.02. The molecule has 2 N–H and O–H groups in total. The van der Waals surface area contributed by atoms with Crippen molar-refractivity contribution in [3.05, 3.63) is 52.5 Å². The summed E-state index contributed by atoms with van der Waals surface area (Å²) in [5.74, 6) is -0.240. The van der Waals surface area contributed by atoms with E-state index in [1.807, 2.05) is 5.38 Å². The third-order valence-corrected chi connectivity index (χ3v) is 3.65. The average molecular weight is 285 g/mol. The number of carbonyl (C=O) groups is 1.